The van der Waals surface area contributed by atoms with E-state index < -0.39 is 29.6 Å². The fourth-order valence-corrected chi connectivity index (χ4v) is 2.75. The van der Waals surface area contributed by atoms with Crippen LogP contribution in [0.25, 0.3) is 0 Å². The zero-order chi connectivity index (χ0) is 16.1. The Bertz CT molecular complexity index is 573. The van der Waals surface area contributed by atoms with Crippen molar-refractivity contribution in [2.75, 3.05) is 0 Å². The molecule has 1 fully saturated rings. The molecule has 1 aromatic carbocycles. The van der Waals surface area contributed by atoms with Crippen LogP contribution in [-0.2, 0) is 9.59 Å². The third-order valence-electron chi connectivity index (χ3n) is 3.83. The molecule has 0 radical (unpaired) electrons. The van der Waals surface area contributed by atoms with Crippen molar-refractivity contribution in [1.82, 2.24) is 10.9 Å². The lowest BCUT2D eigenvalue weighted by atomic mass is 9.79. The van der Waals surface area contributed by atoms with Gasteiger partial charge in [-0.15, -0.1) is 0 Å². The average molecular weight is 325 g/mol. The summed E-state index contributed by atoms with van der Waals surface area (Å²) >= 11 is 5.73. The lowest BCUT2D eigenvalue weighted by Gasteiger charge is -2.27. The highest BCUT2D eigenvalue weighted by Gasteiger charge is 2.35. The van der Waals surface area contributed by atoms with Gasteiger partial charge in [-0.05, 0) is 37.1 Å². The molecule has 0 heterocycles. The van der Waals surface area contributed by atoms with Crippen molar-refractivity contribution in [3.63, 3.8) is 0 Å². The molecule has 7 heteroatoms. The Labute approximate surface area is 132 Å². The number of carboxylic acids is 1. The summed E-state index contributed by atoms with van der Waals surface area (Å²) in [5, 5.41) is 9.67. The highest BCUT2D eigenvalue weighted by atomic mass is 35.5. The molecule has 22 heavy (non-hydrogen) atoms. The van der Waals surface area contributed by atoms with Gasteiger partial charge in [0.1, 0.15) is 0 Å². The molecular formula is C15H17ClN2O4. The maximum Gasteiger partial charge on any atom is 0.307 e. The SMILES string of the molecule is O=C(NNC(=O)C1CCCCC1C(=O)O)c1ccc(Cl)cc1. The van der Waals surface area contributed by atoms with Crippen molar-refractivity contribution in [2.45, 2.75) is 25.7 Å². The second-order valence-corrected chi connectivity index (χ2v) is 5.72. The highest BCUT2D eigenvalue weighted by Crippen LogP contribution is 2.30. The van der Waals surface area contributed by atoms with Gasteiger partial charge in [-0.2, -0.15) is 0 Å². The van der Waals surface area contributed by atoms with E-state index in [0.29, 0.717) is 23.4 Å². The molecule has 0 saturated heterocycles. The summed E-state index contributed by atoms with van der Waals surface area (Å²) in [6.07, 6.45) is 2.61. The maximum atomic E-state index is 12.1. The van der Waals surface area contributed by atoms with Gasteiger partial charge in [0.05, 0.1) is 11.8 Å². The third kappa shape index (κ3) is 3.98. The molecule has 3 N–H and O–H groups in total. The molecule has 1 aromatic rings. The Morgan fingerprint density at radius 1 is 1.00 bits per heavy atom. The van der Waals surface area contributed by atoms with E-state index in [1.807, 2.05) is 0 Å². The number of benzene rings is 1. The Balaban J connectivity index is 1.92. The van der Waals surface area contributed by atoms with Crippen molar-refractivity contribution in [3.8, 4) is 0 Å². The summed E-state index contributed by atoms with van der Waals surface area (Å²) < 4.78 is 0. The Morgan fingerprint density at radius 3 is 2.18 bits per heavy atom. The van der Waals surface area contributed by atoms with Gasteiger partial charge in [0, 0.05) is 10.6 Å². The minimum atomic E-state index is -0.969. The van der Waals surface area contributed by atoms with E-state index in [1.54, 1.807) is 12.1 Å². The zero-order valence-corrected chi connectivity index (χ0v) is 12.6. The monoisotopic (exact) mass is 324 g/mol. The number of halogens is 1. The second-order valence-electron chi connectivity index (χ2n) is 5.29. The van der Waals surface area contributed by atoms with Crippen LogP contribution >= 0.6 is 11.6 Å². The van der Waals surface area contributed by atoms with Crippen LogP contribution in [0.5, 0.6) is 0 Å². The number of aliphatic carboxylic acids is 1. The Morgan fingerprint density at radius 2 is 1.59 bits per heavy atom. The van der Waals surface area contributed by atoms with E-state index in [0.717, 1.165) is 12.8 Å². The van der Waals surface area contributed by atoms with Crippen LogP contribution < -0.4 is 10.9 Å². The molecule has 0 aromatic heterocycles. The van der Waals surface area contributed by atoms with Gasteiger partial charge in [-0.3, -0.25) is 25.2 Å². The van der Waals surface area contributed by atoms with Crippen LogP contribution in [0.3, 0.4) is 0 Å². The molecular weight excluding hydrogens is 308 g/mol. The molecule has 0 bridgehead atoms. The minimum Gasteiger partial charge on any atom is -0.481 e. The predicted molar refractivity (Wildman–Crippen MR) is 80.1 cm³/mol. The van der Waals surface area contributed by atoms with Gasteiger partial charge in [0.25, 0.3) is 5.91 Å². The summed E-state index contributed by atoms with van der Waals surface area (Å²) in [6.45, 7) is 0. The first-order valence-electron chi connectivity index (χ1n) is 7.07. The van der Waals surface area contributed by atoms with E-state index in [2.05, 4.69) is 10.9 Å². The number of hydrogen-bond donors (Lipinski definition) is 3. The number of carbonyl (C=O) groups excluding carboxylic acids is 2. The van der Waals surface area contributed by atoms with Crippen molar-refractivity contribution in [3.05, 3.63) is 34.9 Å². The number of carboxylic acid groups (broad SMARTS) is 1. The van der Waals surface area contributed by atoms with Crippen molar-refractivity contribution < 1.29 is 19.5 Å². The molecule has 2 rings (SSSR count). The molecule has 2 amide bonds. The minimum absolute atomic E-state index is 0.350. The van der Waals surface area contributed by atoms with Crippen LogP contribution in [-0.4, -0.2) is 22.9 Å². The van der Waals surface area contributed by atoms with Gasteiger partial charge in [0.2, 0.25) is 5.91 Å². The summed E-state index contributed by atoms with van der Waals surface area (Å²) in [4.78, 5) is 35.1. The van der Waals surface area contributed by atoms with Gasteiger partial charge in [-0.25, -0.2) is 0 Å². The number of amides is 2. The number of hydrazine groups is 1. The number of carbonyl (C=O) groups is 3. The van der Waals surface area contributed by atoms with Crippen LogP contribution in [0.1, 0.15) is 36.0 Å². The fourth-order valence-electron chi connectivity index (χ4n) is 2.62. The molecule has 6 nitrogen and oxygen atoms in total. The highest BCUT2D eigenvalue weighted by molar-refractivity contribution is 6.30. The zero-order valence-electron chi connectivity index (χ0n) is 11.8. The normalized spacial score (nSPS) is 21.0. The topological polar surface area (TPSA) is 95.5 Å². The maximum absolute atomic E-state index is 12.1. The standard InChI is InChI=1S/C15H17ClN2O4/c16-10-7-5-9(6-8-10)13(19)17-18-14(20)11-3-1-2-4-12(11)15(21)22/h5-8,11-12H,1-4H2,(H,17,19)(H,18,20)(H,21,22). The summed E-state index contributed by atoms with van der Waals surface area (Å²) in [5.74, 6) is -3.22. The van der Waals surface area contributed by atoms with E-state index >= 15 is 0 Å². The van der Waals surface area contributed by atoms with Crippen molar-refractivity contribution >= 4 is 29.4 Å². The molecule has 1 aliphatic carbocycles. The first-order valence-corrected chi connectivity index (χ1v) is 7.45. The van der Waals surface area contributed by atoms with Crippen LogP contribution in [0, 0.1) is 11.8 Å². The fraction of sp³-hybridized carbons (Fsp3) is 0.400. The predicted octanol–water partition coefficient (Wildman–Crippen LogP) is 1.99. The van der Waals surface area contributed by atoms with Gasteiger partial charge >= 0.3 is 5.97 Å². The van der Waals surface area contributed by atoms with E-state index in [1.165, 1.54) is 12.1 Å². The van der Waals surface area contributed by atoms with Gasteiger partial charge in [-0.1, -0.05) is 24.4 Å². The summed E-state index contributed by atoms with van der Waals surface area (Å²) in [7, 11) is 0. The smallest absolute Gasteiger partial charge is 0.307 e. The lowest BCUT2D eigenvalue weighted by molar-refractivity contribution is -0.149. The average Bonchev–Trinajstić information content (AvgIpc) is 2.53. The number of nitrogens with one attached hydrogen (secondary N) is 2. The van der Waals surface area contributed by atoms with Gasteiger partial charge < -0.3 is 5.11 Å². The van der Waals surface area contributed by atoms with Gasteiger partial charge in [0.15, 0.2) is 0 Å². The van der Waals surface area contributed by atoms with E-state index in [-0.39, 0.29) is 0 Å². The number of rotatable bonds is 3. The van der Waals surface area contributed by atoms with E-state index in [9.17, 15) is 14.4 Å². The van der Waals surface area contributed by atoms with Crippen LogP contribution in [0.2, 0.25) is 5.02 Å². The Hall–Kier alpha value is -2.08. The molecule has 0 spiro atoms. The molecule has 1 aliphatic rings. The number of hydrogen-bond acceptors (Lipinski definition) is 3. The Kier molecular flexibility index (Phi) is 5.38. The molecule has 2 unspecified atom stereocenters. The molecule has 1 saturated carbocycles. The second kappa shape index (κ2) is 7.26. The van der Waals surface area contributed by atoms with Crippen molar-refractivity contribution in [1.29, 1.82) is 0 Å². The van der Waals surface area contributed by atoms with Crippen LogP contribution in [0.4, 0.5) is 0 Å². The van der Waals surface area contributed by atoms with Crippen molar-refractivity contribution in [2.24, 2.45) is 11.8 Å². The molecule has 118 valence electrons. The molecule has 0 aliphatic heterocycles. The first-order chi connectivity index (χ1) is 10.5. The lowest BCUT2D eigenvalue weighted by Crippen LogP contribution is -2.47. The third-order valence-corrected chi connectivity index (χ3v) is 4.08. The summed E-state index contributed by atoms with van der Waals surface area (Å²) in [6, 6.07) is 6.20. The summed E-state index contributed by atoms with van der Waals surface area (Å²) in [5.41, 5.74) is 4.97. The largest absolute Gasteiger partial charge is 0.481 e. The van der Waals surface area contributed by atoms with Crippen LogP contribution in [0.15, 0.2) is 24.3 Å². The quantitative estimate of drug-likeness (QED) is 0.741. The molecule has 2 atom stereocenters. The first kappa shape index (κ1) is 16.3. The van der Waals surface area contributed by atoms with E-state index in [4.69, 9.17) is 16.7 Å².